The lowest BCUT2D eigenvalue weighted by Gasteiger charge is -1.99. The first kappa shape index (κ1) is 11.9. The number of halogens is 1. The van der Waals surface area contributed by atoms with Crippen molar-refractivity contribution in [3.8, 4) is 0 Å². The fourth-order valence-corrected chi connectivity index (χ4v) is 2.18. The lowest BCUT2D eigenvalue weighted by atomic mass is 10.3. The molecule has 0 saturated heterocycles. The molecule has 17 heavy (non-hydrogen) atoms. The highest BCUT2D eigenvalue weighted by Gasteiger charge is 2.10. The maximum Gasteiger partial charge on any atom is 0.356 e. The van der Waals surface area contributed by atoms with Gasteiger partial charge in [-0.2, -0.15) is 0 Å². The van der Waals surface area contributed by atoms with Crippen molar-refractivity contribution in [2.24, 2.45) is 0 Å². The van der Waals surface area contributed by atoms with Gasteiger partial charge in [-0.05, 0) is 40.3 Å². The topological polar surface area (TPSA) is 63.8 Å². The Morgan fingerprint density at radius 1 is 1.59 bits per heavy atom. The molecule has 2 aromatic heterocycles. The summed E-state index contributed by atoms with van der Waals surface area (Å²) in [7, 11) is 1.57. The van der Waals surface area contributed by atoms with E-state index in [2.05, 4.69) is 27.6 Å². The summed E-state index contributed by atoms with van der Waals surface area (Å²) < 4.78 is 7.42. The van der Waals surface area contributed by atoms with Gasteiger partial charge in [0.2, 0.25) is 0 Å². The van der Waals surface area contributed by atoms with Crippen LogP contribution in [0.4, 0.5) is 0 Å². The lowest BCUT2D eigenvalue weighted by molar-refractivity contribution is 0.0691. The van der Waals surface area contributed by atoms with Gasteiger partial charge in [-0.3, -0.25) is 0 Å². The summed E-state index contributed by atoms with van der Waals surface area (Å²) in [6.07, 6.45) is 6.64. The van der Waals surface area contributed by atoms with Gasteiger partial charge < -0.3 is 14.2 Å². The molecule has 0 unspecified atom stereocenters. The number of methoxy groups -OCH3 is 1. The Bertz CT molecular complexity index is 604. The number of hydrogen-bond acceptors (Lipinski definition) is 3. The van der Waals surface area contributed by atoms with Crippen LogP contribution in [0.1, 0.15) is 16.1 Å². The Hall–Kier alpha value is -1.57. The highest BCUT2D eigenvalue weighted by Crippen LogP contribution is 2.17. The Balaban J connectivity index is 2.56. The average Bonchev–Trinajstić information content (AvgIpc) is 2.71. The Kier molecular flexibility index (Phi) is 3.32. The monoisotopic (exact) mass is 344 g/mol. The number of carboxylic acid groups (broad SMARTS) is 1. The molecular weight excluding hydrogens is 335 g/mol. The van der Waals surface area contributed by atoms with Crippen molar-refractivity contribution in [2.75, 3.05) is 7.11 Å². The van der Waals surface area contributed by atoms with Crippen LogP contribution in [0.25, 0.3) is 11.7 Å². The molecule has 0 atom stereocenters. The van der Waals surface area contributed by atoms with Crippen LogP contribution in [0.15, 0.2) is 24.7 Å². The molecule has 2 heterocycles. The van der Waals surface area contributed by atoms with Crippen LogP contribution in [0.5, 0.6) is 0 Å². The minimum atomic E-state index is -1.03. The van der Waals surface area contributed by atoms with Gasteiger partial charge in [-0.25, -0.2) is 9.78 Å². The molecular formula is C11H9IN2O3. The molecule has 0 aliphatic heterocycles. The van der Waals surface area contributed by atoms with Crippen LogP contribution in [0, 0.1) is 3.57 Å². The van der Waals surface area contributed by atoms with Gasteiger partial charge in [-0.1, -0.05) is 0 Å². The van der Waals surface area contributed by atoms with E-state index in [1.807, 2.05) is 6.07 Å². The first-order valence-electron chi connectivity index (χ1n) is 4.72. The normalized spacial score (nSPS) is 11.2. The van der Waals surface area contributed by atoms with E-state index in [1.165, 1.54) is 6.20 Å². The first-order valence-corrected chi connectivity index (χ1v) is 5.80. The number of carbonyl (C=O) groups is 1. The number of aromatic nitrogens is 2. The van der Waals surface area contributed by atoms with Crippen LogP contribution in [0.2, 0.25) is 0 Å². The largest absolute Gasteiger partial charge is 0.504 e. The standard InChI is InChI=1S/C11H9IN2O3/c1-17-3-2-7-4-8(12)10-13-9(11(15)16)6-14(10)5-7/h2-6H,1H3,(H,15,16). The van der Waals surface area contributed by atoms with E-state index < -0.39 is 5.97 Å². The zero-order valence-electron chi connectivity index (χ0n) is 8.92. The summed E-state index contributed by atoms with van der Waals surface area (Å²) in [6.45, 7) is 0. The minimum Gasteiger partial charge on any atom is -0.504 e. The number of hydrogen-bond donors (Lipinski definition) is 1. The predicted molar refractivity (Wildman–Crippen MR) is 70.9 cm³/mol. The van der Waals surface area contributed by atoms with E-state index in [0.717, 1.165) is 9.13 Å². The predicted octanol–water partition coefficient (Wildman–Crippen LogP) is 2.25. The van der Waals surface area contributed by atoms with Crippen LogP contribution in [-0.4, -0.2) is 27.6 Å². The molecule has 0 aliphatic rings. The summed E-state index contributed by atoms with van der Waals surface area (Å²) in [6, 6.07) is 1.91. The zero-order chi connectivity index (χ0) is 12.4. The molecule has 2 aromatic rings. The van der Waals surface area contributed by atoms with Crippen LogP contribution < -0.4 is 0 Å². The van der Waals surface area contributed by atoms with E-state index >= 15 is 0 Å². The van der Waals surface area contributed by atoms with Crippen LogP contribution in [0.3, 0.4) is 0 Å². The van der Waals surface area contributed by atoms with Crippen molar-refractivity contribution in [2.45, 2.75) is 0 Å². The van der Waals surface area contributed by atoms with Gasteiger partial charge in [0, 0.05) is 12.4 Å². The molecule has 0 fully saturated rings. The molecule has 0 bridgehead atoms. The Morgan fingerprint density at radius 2 is 2.35 bits per heavy atom. The van der Waals surface area contributed by atoms with Crippen molar-refractivity contribution < 1.29 is 14.6 Å². The zero-order valence-corrected chi connectivity index (χ0v) is 11.1. The van der Waals surface area contributed by atoms with Crippen LogP contribution >= 0.6 is 22.6 Å². The molecule has 0 aliphatic carbocycles. The van der Waals surface area contributed by atoms with E-state index in [0.29, 0.717) is 5.65 Å². The van der Waals surface area contributed by atoms with Gasteiger partial charge in [0.15, 0.2) is 11.3 Å². The number of nitrogens with zero attached hydrogens (tertiary/aromatic N) is 2. The fraction of sp³-hybridized carbons (Fsp3) is 0.0909. The van der Waals surface area contributed by atoms with E-state index in [4.69, 9.17) is 9.84 Å². The molecule has 0 radical (unpaired) electrons. The van der Waals surface area contributed by atoms with E-state index in [9.17, 15) is 4.79 Å². The molecule has 0 saturated carbocycles. The Labute approximate surface area is 111 Å². The molecule has 0 spiro atoms. The second-order valence-electron chi connectivity index (χ2n) is 3.32. The highest BCUT2D eigenvalue weighted by atomic mass is 127. The molecule has 2 rings (SSSR count). The number of aromatic carboxylic acids is 1. The SMILES string of the molecule is COC=Cc1cc(I)c2nc(C(=O)O)cn2c1. The molecule has 0 aromatic carbocycles. The molecule has 88 valence electrons. The maximum absolute atomic E-state index is 10.8. The maximum atomic E-state index is 10.8. The molecule has 1 N–H and O–H groups in total. The fourth-order valence-electron chi connectivity index (χ4n) is 1.42. The highest BCUT2D eigenvalue weighted by molar-refractivity contribution is 14.1. The van der Waals surface area contributed by atoms with Crippen molar-refractivity contribution in [1.82, 2.24) is 9.38 Å². The third-order valence-corrected chi connectivity index (χ3v) is 2.94. The average molecular weight is 344 g/mol. The molecule has 5 nitrogen and oxygen atoms in total. The number of imidazole rings is 1. The third-order valence-electron chi connectivity index (χ3n) is 2.14. The number of ether oxygens (including phenoxy) is 1. The van der Waals surface area contributed by atoms with Gasteiger partial charge in [0.1, 0.15) is 0 Å². The van der Waals surface area contributed by atoms with Gasteiger partial charge in [0.25, 0.3) is 0 Å². The van der Waals surface area contributed by atoms with Crippen LogP contribution in [-0.2, 0) is 4.74 Å². The van der Waals surface area contributed by atoms with Gasteiger partial charge in [-0.15, -0.1) is 0 Å². The summed E-state index contributed by atoms with van der Waals surface area (Å²) in [4.78, 5) is 14.9. The van der Waals surface area contributed by atoms with Crippen molar-refractivity contribution in [3.05, 3.63) is 39.5 Å². The van der Waals surface area contributed by atoms with Crippen molar-refractivity contribution >= 4 is 40.3 Å². The number of carboxylic acids is 1. The van der Waals surface area contributed by atoms with Gasteiger partial charge in [0.05, 0.1) is 16.9 Å². The second kappa shape index (κ2) is 4.74. The van der Waals surface area contributed by atoms with Crippen molar-refractivity contribution in [3.63, 3.8) is 0 Å². The quantitative estimate of drug-likeness (QED) is 0.685. The number of rotatable bonds is 3. The minimum absolute atomic E-state index is 0.0378. The van der Waals surface area contributed by atoms with Gasteiger partial charge >= 0.3 is 5.97 Å². The summed E-state index contributed by atoms with van der Waals surface area (Å²) >= 11 is 2.12. The molecule has 0 amide bonds. The van der Waals surface area contributed by atoms with Crippen molar-refractivity contribution in [1.29, 1.82) is 0 Å². The summed E-state index contributed by atoms with van der Waals surface area (Å²) in [5.41, 5.74) is 1.59. The summed E-state index contributed by atoms with van der Waals surface area (Å²) in [5.74, 6) is -1.03. The first-order chi connectivity index (χ1) is 8.11. The molecule has 6 heteroatoms. The lowest BCUT2D eigenvalue weighted by Crippen LogP contribution is -1.95. The summed E-state index contributed by atoms with van der Waals surface area (Å²) in [5, 5.41) is 8.88. The number of fused-ring (bicyclic) bond motifs is 1. The second-order valence-corrected chi connectivity index (χ2v) is 4.48. The van der Waals surface area contributed by atoms with E-state index in [1.54, 1.807) is 30.0 Å². The smallest absolute Gasteiger partial charge is 0.356 e. The third kappa shape index (κ3) is 2.41. The number of pyridine rings is 1. The van der Waals surface area contributed by atoms with E-state index in [-0.39, 0.29) is 5.69 Å². The Morgan fingerprint density at radius 3 is 3.00 bits per heavy atom.